The molecule has 4 heteroatoms. The molecule has 0 saturated carbocycles. The molecule has 0 spiro atoms. The average Bonchev–Trinajstić information content (AvgIpc) is 2.29. The van der Waals surface area contributed by atoms with Crippen molar-refractivity contribution in [1.29, 1.82) is 0 Å². The standard InChI is InChI=1S/C12H16N2O2/c1-3-10(2)8-13-9-11-5-4-6-12(7-11)14(15)16/h4-7,13H,2-3,8-9H2,1H3. The quantitative estimate of drug-likeness (QED) is 0.455. The van der Waals surface area contributed by atoms with Gasteiger partial charge in [0.25, 0.3) is 5.69 Å². The average molecular weight is 220 g/mol. The first-order valence-electron chi connectivity index (χ1n) is 5.24. The molecule has 86 valence electrons. The van der Waals surface area contributed by atoms with Crippen molar-refractivity contribution in [2.75, 3.05) is 6.54 Å². The molecule has 16 heavy (non-hydrogen) atoms. The Bertz CT molecular complexity index is 388. The van der Waals surface area contributed by atoms with Crippen LogP contribution in [0.15, 0.2) is 36.4 Å². The van der Waals surface area contributed by atoms with E-state index in [2.05, 4.69) is 18.8 Å². The molecule has 0 bridgehead atoms. The van der Waals surface area contributed by atoms with Gasteiger partial charge in [-0.05, 0) is 12.0 Å². The summed E-state index contributed by atoms with van der Waals surface area (Å²) in [6, 6.07) is 6.65. The Hall–Kier alpha value is -1.68. The SMILES string of the molecule is C=C(CC)CNCc1cccc([N+](=O)[O-])c1. The summed E-state index contributed by atoms with van der Waals surface area (Å²) in [5.74, 6) is 0. The van der Waals surface area contributed by atoms with Gasteiger partial charge in [-0.2, -0.15) is 0 Å². The van der Waals surface area contributed by atoms with Gasteiger partial charge in [-0.25, -0.2) is 0 Å². The third kappa shape index (κ3) is 3.82. The zero-order chi connectivity index (χ0) is 12.0. The van der Waals surface area contributed by atoms with Gasteiger partial charge in [0.2, 0.25) is 0 Å². The molecule has 0 atom stereocenters. The van der Waals surface area contributed by atoms with Gasteiger partial charge in [-0.3, -0.25) is 10.1 Å². The molecule has 0 aliphatic heterocycles. The molecular formula is C12H16N2O2. The second-order valence-corrected chi connectivity index (χ2v) is 3.63. The first-order chi connectivity index (χ1) is 7.63. The Morgan fingerprint density at radius 2 is 2.31 bits per heavy atom. The molecule has 0 heterocycles. The number of nitro groups is 1. The van der Waals surface area contributed by atoms with Gasteiger partial charge in [0, 0.05) is 25.2 Å². The second-order valence-electron chi connectivity index (χ2n) is 3.63. The van der Waals surface area contributed by atoms with Crippen LogP contribution >= 0.6 is 0 Å². The van der Waals surface area contributed by atoms with Crippen molar-refractivity contribution in [2.45, 2.75) is 19.9 Å². The fourth-order valence-electron chi connectivity index (χ4n) is 1.29. The topological polar surface area (TPSA) is 55.2 Å². The molecule has 0 radical (unpaired) electrons. The molecular weight excluding hydrogens is 204 g/mol. The van der Waals surface area contributed by atoms with E-state index in [0.717, 1.165) is 24.1 Å². The van der Waals surface area contributed by atoms with Gasteiger partial charge in [-0.1, -0.05) is 31.2 Å². The highest BCUT2D eigenvalue weighted by atomic mass is 16.6. The van der Waals surface area contributed by atoms with Crippen LogP contribution in [0.25, 0.3) is 0 Å². The van der Waals surface area contributed by atoms with Crippen molar-refractivity contribution in [3.05, 3.63) is 52.1 Å². The Balaban J connectivity index is 2.51. The second kappa shape index (κ2) is 6.02. The number of non-ortho nitro benzene ring substituents is 1. The van der Waals surface area contributed by atoms with E-state index in [0.29, 0.717) is 6.54 Å². The van der Waals surface area contributed by atoms with E-state index < -0.39 is 0 Å². The summed E-state index contributed by atoms with van der Waals surface area (Å²) in [5.41, 5.74) is 2.18. The highest BCUT2D eigenvalue weighted by Crippen LogP contribution is 2.12. The maximum Gasteiger partial charge on any atom is 0.269 e. The maximum atomic E-state index is 10.6. The molecule has 1 aromatic carbocycles. The molecule has 0 aliphatic carbocycles. The van der Waals surface area contributed by atoms with Gasteiger partial charge >= 0.3 is 0 Å². The molecule has 0 amide bonds. The summed E-state index contributed by atoms with van der Waals surface area (Å²) < 4.78 is 0. The predicted molar refractivity (Wildman–Crippen MR) is 64.2 cm³/mol. The minimum atomic E-state index is -0.380. The summed E-state index contributed by atoms with van der Waals surface area (Å²) in [6.07, 6.45) is 0.946. The molecule has 0 aromatic heterocycles. The van der Waals surface area contributed by atoms with Crippen LogP contribution in [0.3, 0.4) is 0 Å². The Kier molecular flexibility index (Phi) is 4.66. The van der Waals surface area contributed by atoms with Gasteiger partial charge < -0.3 is 5.32 Å². The van der Waals surface area contributed by atoms with Gasteiger partial charge in [0.15, 0.2) is 0 Å². The van der Waals surface area contributed by atoms with Crippen LogP contribution in [0.2, 0.25) is 0 Å². The minimum Gasteiger partial charge on any atom is -0.309 e. The van der Waals surface area contributed by atoms with Crippen molar-refractivity contribution in [3.63, 3.8) is 0 Å². The van der Waals surface area contributed by atoms with Crippen LogP contribution in [-0.2, 0) is 6.54 Å². The van der Waals surface area contributed by atoms with Crippen LogP contribution in [0.5, 0.6) is 0 Å². The number of rotatable bonds is 6. The Morgan fingerprint density at radius 1 is 1.56 bits per heavy atom. The van der Waals surface area contributed by atoms with E-state index in [1.54, 1.807) is 12.1 Å². The summed E-state index contributed by atoms with van der Waals surface area (Å²) in [6.45, 7) is 7.31. The molecule has 0 aliphatic rings. The van der Waals surface area contributed by atoms with Gasteiger partial charge in [0.1, 0.15) is 0 Å². The number of hydrogen-bond donors (Lipinski definition) is 1. The smallest absolute Gasteiger partial charge is 0.269 e. The van der Waals surface area contributed by atoms with E-state index >= 15 is 0 Å². The highest BCUT2D eigenvalue weighted by molar-refractivity contribution is 5.34. The van der Waals surface area contributed by atoms with E-state index in [-0.39, 0.29) is 10.6 Å². The number of hydrogen-bond acceptors (Lipinski definition) is 3. The molecule has 0 fully saturated rings. The first kappa shape index (κ1) is 12.4. The van der Waals surface area contributed by atoms with E-state index in [9.17, 15) is 10.1 Å². The summed E-state index contributed by atoms with van der Waals surface area (Å²) in [4.78, 5) is 10.2. The molecule has 1 aromatic rings. The lowest BCUT2D eigenvalue weighted by Crippen LogP contribution is -2.15. The van der Waals surface area contributed by atoms with Crippen LogP contribution in [0, 0.1) is 10.1 Å². The summed E-state index contributed by atoms with van der Waals surface area (Å²) >= 11 is 0. The molecule has 1 N–H and O–H groups in total. The third-order valence-electron chi connectivity index (χ3n) is 2.33. The number of nitrogens with one attached hydrogen (secondary N) is 1. The van der Waals surface area contributed by atoms with Crippen LogP contribution in [-0.4, -0.2) is 11.5 Å². The molecule has 1 rings (SSSR count). The summed E-state index contributed by atoms with van der Waals surface area (Å²) in [5, 5.41) is 13.7. The maximum absolute atomic E-state index is 10.6. The van der Waals surface area contributed by atoms with Crippen molar-refractivity contribution < 1.29 is 4.92 Å². The zero-order valence-corrected chi connectivity index (χ0v) is 9.40. The fourth-order valence-corrected chi connectivity index (χ4v) is 1.29. The molecule has 0 saturated heterocycles. The monoisotopic (exact) mass is 220 g/mol. The number of benzene rings is 1. The van der Waals surface area contributed by atoms with Crippen molar-refractivity contribution in [3.8, 4) is 0 Å². The third-order valence-corrected chi connectivity index (χ3v) is 2.33. The predicted octanol–water partition coefficient (Wildman–Crippen LogP) is 2.65. The van der Waals surface area contributed by atoms with E-state index in [1.165, 1.54) is 6.07 Å². The lowest BCUT2D eigenvalue weighted by molar-refractivity contribution is -0.384. The molecule has 0 unspecified atom stereocenters. The lowest BCUT2D eigenvalue weighted by Gasteiger charge is -2.05. The van der Waals surface area contributed by atoms with Crippen molar-refractivity contribution in [1.82, 2.24) is 5.32 Å². The Labute approximate surface area is 95.1 Å². The zero-order valence-electron chi connectivity index (χ0n) is 9.40. The number of nitro benzene ring substituents is 1. The van der Waals surface area contributed by atoms with Crippen LogP contribution in [0.4, 0.5) is 5.69 Å². The van der Waals surface area contributed by atoms with Crippen molar-refractivity contribution >= 4 is 5.69 Å². The lowest BCUT2D eigenvalue weighted by atomic mass is 10.2. The first-order valence-corrected chi connectivity index (χ1v) is 5.24. The Morgan fingerprint density at radius 3 is 2.94 bits per heavy atom. The largest absolute Gasteiger partial charge is 0.309 e. The fraction of sp³-hybridized carbons (Fsp3) is 0.333. The van der Waals surface area contributed by atoms with Gasteiger partial charge in [0.05, 0.1) is 4.92 Å². The number of nitrogens with zero attached hydrogens (tertiary/aromatic N) is 1. The van der Waals surface area contributed by atoms with E-state index in [4.69, 9.17) is 0 Å². The minimum absolute atomic E-state index is 0.133. The summed E-state index contributed by atoms with van der Waals surface area (Å²) in [7, 11) is 0. The van der Waals surface area contributed by atoms with Gasteiger partial charge in [-0.15, -0.1) is 0 Å². The van der Waals surface area contributed by atoms with Crippen LogP contribution in [0.1, 0.15) is 18.9 Å². The highest BCUT2D eigenvalue weighted by Gasteiger charge is 2.04. The molecule has 4 nitrogen and oxygen atoms in total. The normalized spacial score (nSPS) is 10.1. The van der Waals surface area contributed by atoms with Crippen LogP contribution < -0.4 is 5.32 Å². The van der Waals surface area contributed by atoms with Crippen molar-refractivity contribution in [2.24, 2.45) is 0 Å². The van der Waals surface area contributed by atoms with E-state index in [1.807, 2.05) is 6.07 Å².